The van der Waals surface area contributed by atoms with Gasteiger partial charge in [-0.3, -0.25) is 4.79 Å². The molecule has 0 aliphatic rings. The summed E-state index contributed by atoms with van der Waals surface area (Å²) in [4.78, 5) is 12.9. The van der Waals surface area contributed by atoms with Crippen LogP contribution >= 0.6 is 23.2 Å². The first-order valence-corrected chi connectivity index (χ1v) is 10.8. The fraction of sp³-hybridized carbons (Fsp3) is 0.240. The van der Waals surface area contributed by atoms with Gasteiger partial charge in [0.2, 0.25) is 0 Å². The summed E-state index contributed by atoms with van der Waals surface area (Å²) in [6.07, 6.45) is 2.43. The van der Waals surface area contributed by atoms with Crippen molar-refractivity contribution >= 4 is 34.7 Å². The Balaban J connectivity index is 1.78. The molecular formula is C25H25Cl2NO2. The van der Waals surface area contributed by atoms with E-state index in [1.807, 2.05) is 48.5 Å². The van der Waals surface area contributed by atoms with E-state index in [0.29, 0.717) is 28.6 Å². The molecular weight excluding hydrogens is 417 g/mol. The maximum atomic E-state index is 12.9. The highest BCUT2D eigenvalue weighted by Crippen LogP contribution is 2.27. The number of ether oxygens (including phenoxy) is 1. The lowest BCUT2D eigenvalue weighted by Crippen LogP contribution is -2.16. The van der Waals surface area contributed by atoms with Crippen molar-refractivity contribution in [1.82, 2.24) is 0 Å². The third-order valence-electron chi connectivity index (χ3n) is 4.79. The second-order valence-corrected chi connectivity index (χ2v) is 7.98. The Kier molecular flexibility index (Phi) is 8.18. The minimum atomic E-state index is -0.195. The molecule has 0 spiro atoms. The van der Waals surface area contributed by atoms with Crippen LogP contribution < -0.4 is 10.1 Å². The van der Waals surface area contributed by atoms with Gasteiger partial charge in [-0.15, -0.1) is 0 Å². The molecule has 1 N–H and O–H groups in total. The number of carbonyl (C=O) groups excluding carboxylic acids is 1. The topological polar surface area (TPSA) is 38.3 Å². The lowest BCUT2D eigenvalue weighted by atomic mass is 9.97. The number of hydrogen-bond acceptors (Lipinski definition) is 3. The van der Waals surface area contributed by atoms with Crippen molar-refractivity contribution in [2.45, 2.75) is 32.2 Å². The molecule has 0 unspecified atom stereocenters. The molecule has 0 amide bonds. The summed E-state index contributed by atoms with van der Waals surface area (Å²) in [5.74, 6) is 0.878. The number of anilines is 1. The van der Waals surface area contributed by atoms with Gasteiger partial charge in [-0.25, -0.2) is 0 Å². The standard InChI is InChI=1S/C25H25Cl2NO2/c1-2-3-16-30-23-14-6-18(7-15-23)24(28-22-12-10-21(27)11-13-22)17-25(29)19-4-8-20(26)9-5-19/h4-15,24,28H,2-3,16-17H2,1H3/t24-/m0/s1. The highest BCUT2D eigenvalue weighted by atomic mass is 35.5. The molecule has 30 heavy (non-hydrogen) atoms. The number of halogens is 2. The highest BCUT2D eigenvalue weighted by molar-refractivity contribution is 6.31. The number of Topliss-reactive ketones (excluding diaryl/α,β-unsaturated/α-hetero) is 1. The molecule has 0 aliphatic carbocycles. The Morgan fingerprint density at radius 1 is 0.900 bits per heavy atom. The van der Waals surface area contributed by atoms with Crippen LogP contribution in [0.5, 0.6) is 5.75 Å². The largest absolute Gasteiger partial charge is 0.494 e. The van der Waals surface area contributed by atoms with Gasteiger partial charge in [0.15, 0.2) is 5.78 Å². The van der Waals surface area contributed by atoms with Gasteiger partial charge in [0.1, 0.15) is 5.75 Å². The van der Waals surface area contributed by atoms with Crippen LogP contribution in [0.15, 0.2) is 72.8 Å². The first-order chi connectivity index (χ1) is 14.5. The number of rotatable bonds is 10. The fourth-order valence-corrected chi connectivity index (χ4v) is 3.32. The zero-order chi connectivity index (χ0) is 21.3. The summed E-state index contributed by atoms with van der Waals surface area (Å²) in [6.45, 7) is 2.84. The summed E-state index contributed by atoms with van der Waals surface area (Å²) in [7, 11) is 0. The molecule has 5 heteroatoms. The monoisotopic (exact) mass is 441 g/mol. The summed E-state index contributed by atoms with van der Waals surface area (Å²) < 4.78 is 5.76. The van der Waals surface area contributed by atoms with Gasteiger partial charge in [-0.1, -0.05) is 48.7 Å². The lowest BCUT2D eigenvalue weighted by molar-refractivity contribution is 0.0976. The van der Waals surface area contributed by atoms with Crippen molar-refractivity contribution in [3.63, 3.8) is 0 Å². The van der Waals surface area contributed by atoms with Crippen LogP contribution in [0.4, 0.5) is 5.69 Å². The molecule has 0 saturated heterocycles. The van der Waals surface area contributed by atoms with Crippen LogP contribution in [0, 0.1) is 0 Å². The van der Waals surface area contributed by atoms with Gasteiger partial charge in [-0.2, -0.15) is 0 Å². The number of carbonyl (C=O) groups is 1. The SMILES string of the molecule is CCCCOc1ccc([C@H](CC(=O)c2ccc(Cl)cc2)Nc2ccc(Cl)cc2)cc1. The van der Waals surface area contributed by atoms with Gasteiger partial charge in [-0.05, 0) is 72.6 Å². The maximum absolute atomic E-state index is 12.9. The average molecular weight is 442 g/mol. The second kappa shape index (κ2) is 11.1. The molecule has 1 atom stereocenters. The lowest BCUT2D eigenvalue weighted by Gasteiger charge is -2.20. The molecule has 3 aromatic rings. The quantitative estimate of drug-likeness (QED) is 0.260. The van der Waals surface area contributed by atoms with Crippen molar-refractivity contribution in [3.8, 4) is 5.75 Å². The van der Waals surface area contributed by atoms with Crippen molar-refractivity contribution in [2.24, 2.45) is 0 Å². The summed E-state index contributed by atoms with van der Waals surface area (Å²) in [5.41, 5.74) is 2.55. The van der Waals surface area contributed by atoms with Gasteiger partial charge < -0.3 is 10.1 Å². The predicted octanol–water partition coefficient (Wildman–Crippen LogP) is 7.60. The molecule has 0 bridgehead atoms. The van der Waals surface area contributed by atoms with Gasteiger partial charge in [0.05, 0.1) is 12.6 Å². The Morgan fingerprint density at radius 2 is 1.50 bits per heavy atom. The van der Waals surface area contributed by atoms with E-state index in [-0.39, 0.29) is 11.8 Å². The molecule has 156 valence electrons. The Hall–Kier alpha value is -2.49. The van der Waals surface area contributed by atoms with Gasteiger partial charge in [0, 0.05) is 27.7 Å². The van der Waals surface area contributed by atoms with Crippen molar-refractivity contribution in [2.75, 3.05) is 11.9 Å². The zero-order valence-electron chi connectivity index (χ0n) is 16.9. The number of hydrogen-bond donors (Lipinski definition) is 1. The third-order valence-corrected chi connectivity index (χ3v) is 5.29. The normalized spacial score (nSPS) is 11.7. The van der Waals surface area contributed by atoms with Crippen LogP contribution in [0.1, 0.15) is 48.1 Å². The third kappa shape index (κ3) is 6.51. The summed E-state index contributed by atoms with van der Waals surface area (Å²) >= 11 is 12.0. The molecule has 3 rings (SSSR count). The molecule has 3 nitrogen and oxygen atoms in total. The molecule has 0 aliphatic heterocycles. The highest BCUT2D eigenvalue weighted by Gasteiger charge is 2.18. The molecule has 0 heterocycles. The van der Waals surface area contributed by atoms with E-state index in [9.17, 15) is 4.79 Å². The van der Waals surface area contributed by atoms with E-state index in [1.54, 1.807) is 24.3 Å². The summed E-state index contributed by atoms with van der Waals surface area (Å²) in [6, 6.07) is 22.2. The van der Waals surface area contributed by atoms with Crippen LogP contribution in [-0.4, -0.2) is 12.4 Å². The smallest absolute Gasteiger partial charge is 0.165 e. The predicted molar refractivity (Wildman–Crippen MR) is 125 cm³/mol. The van der Waals surface area contributed by atoms with E-state index in [4.69, 9.17) is 27.9 Å². The van der Waals surface area contributed by atoms with Crippen molar-refractivity contribution in [1.29, 1.82) is 0 Å². The van der Waals surface area contributed by atoms with E-state index in [2.05, 4.69) is 12.2 Å². The number of unbranched alkanes of at least 4 members (excludes halogenated alkanes) is 1. The zero-order valence-corrected chi connectivity index (χ0v) is 18.4. The Labute approximate surface area is 188 Å². The first-order valence-electron chi connectivity index (χ1n) is 10.1. The molecule has 0 saturated carbocycles. The Bertz CT molecular complexity index is 938. The summed E-state index contributed by atoms with van der Waals surface area (Å²) in [5, 5.41) is 4.74. The molecule has 3 aromatic carbocycles. The van der Waals surface area contributed by atoms with Crippen LogP contribution in [0.2, 0.25) is 10.0 Å². The molecule has 0 aromatic heterocycles. The number of benzene rings is 3. The average Bonchev–Trinajstić information content (AvgIpc) is 2.76. The number of ketones is 1. The van der Waals surface area contributed by atoms with Crippen LogP contribution in [0.25, 0.3) is 0 Å². The van der Waals surface area contributed by atoms with E-state index in [0.717, 1.165) is 29.8 Å². The van der Waals surface area contributed by atoms with Gasteiger partial charge >= 0.3 is 0 Å². The van der Waals surface area contributed by atoms with E-state index in [1.165, 1.54) is 0 Å². The van der Waals surface area contributed by atoms with E-state index < -0.39 is 0 Å². The number of nitrogens with one attached hydrogen (secondary N) is 1. The maximum Gasteiger partial charge on any atom is 0.165 e. The minimum absolute atomic E-state index is 0.0430. The minimum Gasteiger partial charge on any atom is -0.494 e. The molecule has 0 fully saturated rings. The van der Waals surface area contributed by atoms with E-state index >= 15 is 0 Å². The van der Waals surface area contributed by atoms with Crippen LogP contribution in [0.3, 0.4) is 0 Å². The first kappa shape index (κ1) is 22.2. The van der Waals surface area contributed by atoms with Crippen molar-refractivity contribution in [3.05, 3.63) is 94.0 Å². The fourth-order valence-electron chi connectivity index (χ4n) is 3.07. The van der Waals surface area contributed by atoms with Gasteiger partial charge in [0.25, 0.3) is 0 Å². The Morgan fingerprint density at radius 3 is 2.10 bits per heavy atom. The van der Waals surface area contributed by atoms with Crippen molar-refractivity contribution < 1.29 is 9.53 Å². The molecule has 0 radical (unpaired) electrons. The second-order valence-electron chi connectivity index (χ2n) is 7.11. The van der Waals surface area contributed by atoms with Crippen LogP contribution in [-0.2, 0) is 0 Å².